The largest absolute Gasteiger partial charge is 0.338 e. The second kappa shape index (κ2) is 6.25. The number of rotatable bonds is 2. The molecule has 5 aromatic carbocycles. The van der Waals surface area contributed by atoms with Crippen molar-refractivity contribution in [2.45, 2.75) is 26.8 Å². The van der Waals surface area contributed by atoms with Crippen molar-refractivity contribution < 1.29 is 0 Å². The molecule has 0 saturated carbocycles. The van der Waals surface area contributed by atoms with E-state index < -0.39 is 0 Å². The van der Waals surface area contributed by atoms with Gasteiger partial charge in [-0.15, -0.1) is 22.7 Å². The number of hydrogen-bond donors (Lipinski definition) is 0. The van der Waals surface area contributed by atoms with Gasteiger partial charge in [-0.25, -0.2) is 0 Å². The minimum absolute atomic E-state index is 1.04. The van der Waals surface area contributed by atoms with Crippen LogP contribution in [0, 0.1) is 6.92 Å². The second-order valence-corrected chi connectivity index (χ2v) is 11.4. The fraction of sp³-hybridized carbons (Fsp3) is 0.133. The fourth-order valence-corrected chi connectivity index (χ4v) is 8.51. The van der Waals surface area contributed by atoms with Crippen LogP contribution in [0.25, 0.3) is 72.9 Å². The monoisotopic (exact) mass is 459 g/mol. The van der Waals surface area contributed by atoms with Crippen LogP contribution in [0.15, 0.2) is 66.7 Å². The van der Waals surface area contributed by atoms with Gasteiger partial charge in [0.2, 0.25) is 0 Å². The number of aromatic nitrogens is 1. The van der Waals surface area contributed by atoms with Crippen LogP contribution in [0.3, 0.4) is 0 Å². The number of nitrogens with zero attached hydrogens (tertiary/aromatic N) is 1. The molecule has 0 fully saturated rings. The molecular weight excluding hydrogens is 438 g/mol. The summed E-state index contributed by atoms with van der Waals surface area (Å²) in [6.07, 6.45) is 1.12. The van der Waals surface area contributed by atoms with Crippen LogP contribution in [0.4, 0.5) is 0 Å². The molecule has 3 heterocycles. The number of benzene rings is 5. The maximum Gasteiger partial charge on any atom is 0.0679 e. The van der Waals surface area contributed by atoms with E-state index in [1.54, 1.807) is 0 Å². The van der Waals surface area contributed by atoms with Crippen LogP contribution in [0.2, 0.25) is 0 Å². The van der Waals surface area contributed by atoms with Crippen LogP contribution in [0.5, 0.6) is 0 Å². The summed E-state index contributed by atoms with van der Waals surface area (Å²) in [6.45, 7) is 5.63. The van der Waals surface area contributed by atoms with Crippen LogP contribution in [0.1, 0.15) is 18.9 Å². The third kappa shape index (κ3) is 2.17. The average molecular weight is 460 g/mol. The van der Waals surface area contributed by atoms with Crippen LogP contribution < -0.4 is 0 Å². The van der Waals surface area contributed by atoms with Crippen molar-refractivity contribution >= 4 is 95.6 Å². The van der Waals surface area contributed by atoms with Crippen molar-refractivity contribution in [3.8, 4) is 0 Å². The molecular formula is C30H21NS2. The Hall–Kier alpha value is -3.14. The zero-order valence-corrected chi connectivity index (χ0v) is 20.2. The molecule has 0 atom stereocenters. The van der Waals surface area contributed by atoms with Gasteiger partial charge in [0.25, 0.3) is 0 Å². The Balaban J connectivity index is 1.75. The Labute approximate surface area is 198 Å². The average Bonchev–Trinajstić information content (AvgIpc) is 3.49. The lowest BCUT2D eigenvalue weighted by Gasteiger charge is -2.08. The summed E-state index contributed by atoms with van der Waals surface area (Å²) in [4.78, 5) is 0. The smallest absolute Gasteiger partial charge is 0.0679 e. The minimum Gasteiger partial charge on any atom is -0.338 e. The second-order valence-electron chi connectivity index (χ2n) is 9.27. The van der Waals surface area contributed by atoms with E-state index in [1.807, 2.05) is 22.7 Å². The minimum atomic E-state index is 1.04. The lowest BCUT2D eigenvalue weighted by molar-refractivity contribution is 0.727. The molecule has 0 unspecified atom stereocenters. The summed E-state index contributed by atoms with van der Waals surface area (Å²) in [5.41, 5.74) is 4.26. The van der Waals surface area contributed by atoms with Crippen molar-refractivity contribution in [1.29, 1.82) is 0 Å². The Kier molecular flexibility index (Phi) is 3.47. The molecule has 0 spiro atoms. The molecule has 33 heavy (non-hydrogen) atoms. The molecule has 0 saturated heterocycles. The highest BCUT2D eigenvalue weighted by Crippen LogP contribution is 2.50. The molecule has 3 aromatic heterocycles. The van der Waals surface area contributed by atoms with Gasteiger partial charge in [-0.2, -0.15) is 0 Å². The van der Waals surface area contributed by atoms with Gasteiger partial charge in [-0.05, 0) is 53.9 Å². The number of hydrogen-bond acceptors (Lipinski definition) is 2. The van der Waals surface area contributed by atoms with Gasteiger partial charge in [0.05, 0.1) is 20.4 Å². The number of fused-ring (bicyclic) bond motifs is 8. The maximum absolute atomic E-state index is 2.67. The summed E-state index contributed by atoms with van der Waals surface area (Å²) < 4.78 is 8.31. The highest BCUT2D eigenvalue weighted by molar-refractivity contribution is 7.27. The van der Waals surface area contributed by atoms with E-state index in [9.17, 15) is 0 Å². The highest BCUT2D eigenvalue weighted by atomic mass is 32.1. The van der Waals surface area contributed by atoms with E-state index in [2.05, 4.69) is 85.1 Å². The predicted molar refractivity (Wildman–Crippen MR) is 149 cm³/mol. The fourth-order valence-electron chi connectivity index (χ4n) is 6.03. The van der Waals surface area contributed by atoms with Gasteiger partial charge in [0.15, 0.2) is 0 Å². The number of thiophene rings is 2. The molecule has 3 heteroatoms. The number of aryl methyl sites for hydroxylation is 2. The van der Waals surface area contributed by atoms with Crippen molar-refractivity contribution in [2.75, 3.05) is 0 Å². The SMILES string of the molecule is CCCn1c2c3sc4ccccc4c3cc3cc(C)c4cc5c6ccccc6sc5c1c4c32. The van der Waals surface area contributed by atoms with Crippen molar-refractivity contribution in [3.63, 3.8) is 0 Å². The molecule has 0 aliphatic carbocycles. The molecule has 0 aliphatic rings. The van der Waals surface area contributed by atoms with Gasteiger partial charge in [0.1, 0.15) is 0 Å². The highest BCUT2D eigenvalue weighted by Gasteiger charge is 2.24. The standard InChI is InChI=1S/C30H21NS2/c1-3-12-31-27-25-17(14-21-18-8-4-6-10-23(18)32-29(21)27)13-16(2)20-15-22-19-9-5-7-11-24(19)33-30(22)28(31)26(20)25/h4-11,13-15H,3,12H2,1-2H3. The van der Waals surface area contributed by atoms with E-state index in [1.165, 1.54) is 78.5 Å². The molecule has 0 bridgehead atoms. The molecule has 0 amide bonds. The zero-order valence-electron chi connectivity index (χ0n) is 18.5. The van der Waals surface area contributed by atoms with Gasteiger partial charge in [-0.3, -0.25) is 0 Å². The van der Waals surface area contributed by atoms with Crippen LogP contribution in [-0.2, 0) is 6.54 Å². The van der Waals surface area contributed by atoms with E-state index in [-0.39, 0.29) is 0 Å². The van der Waals surface area contributed by atoms with Crippen molar-refractivity contribution in [3.05, 3.63) is 72.3 Å². The lowest BCUT2D eigenvalue weighted by atomic mass is 9.95. The summed E-state index contributed by atoms with van der Waals surface area (Å²) >= 11 is 3.92. The van der Waals surface area contributed by atoms with Gasteiger partial charge in [0, 0.05) is 48.3 Å². The Morgan fingerprint density at radius 2 is 1.27 bits per heavy atom. The third-order valence-electron chi connectivity index (χ3n) is 7.35. The molecule has 0 radical (unpaired) electrons. The van der Waals surface area contributed by atoms with E-state index in [4.69, 9.17) is 0 Å². The van der Waals surface area contributed by atoms with Gasteiger partial charge in [-0.1, -0.05) is 49.4 Å². The first-order valence-corrected chi connectivity index (χ1v) is 13.3. The first kappa shape index (κ1) is 18.3. The zero-order chi connectivity index (χ0) is 21.8. The Morgan fingerprint density at radius 1 is 0.667 bits per heavy atom. The first-order chi connectivity index (χ1) is 16.2. The summed E-state index contributed by atoms with van der Waals surface area (Å²) in [5.74, 6) is 0. The molecule has 8 aromatic rings. The van der Waals surface area contributed by atoms with E-state index >= 15 is 0 Å². The first-order valence-electron chi connectivity index (χ1n) is 11.7. The van der Waals surface area contributed by atoms with Crippen molar-refractivity contribution in [2.24, 2.45) is 0 Å². The summed E-state index contributed by atoms with van der Waals surface area (Å²) in [7, 11) is 0. The molecule has 8 rings (SSSR count). The maximum atomic E-state index is 2.67. The van der Waals surface area contributed by atoms with Crippen LogP contribution in [-0.4, -0.2) is 4.57 Å². The van der Waals surface area contributed by atoms with E-state index in [0.717, 1.165) is 13.0 Å². The van der Waals surface area contributed by atoms with Crippen molar-refractivity contribution in [1.82, 2.24) is 4.57 Å². The quantitative estimate of drug-likeness (QED) is 0.227. The molecule has 1 nitrogen and oxygen atoms in total. The molecule has 158 valence electrons. The molecule has 0 aliphatic heterocycles. The Bertz CT molecular complexity index is 2050. The topological polar surface area (TPSA) is 4.93 Å². The van der Waals surface area contributed by atoms with Crippen LogP contribution >= 0.6 is 22.7 Å². The van der Waals surface area contributed by atoms with E-state index in [0.29, 0.717) is 0 Å². The van der Waals surface area contributed by atoms with Gasteiger partial charge >= 0.3 is 0 Å². The Morgan fingerprint density at radius 3 is 1.94 bits per heavy atom. The predicted octanol–water partition coefficient (Wildman–Crippen LogP) is 9.84. The normalized spacial score (nSPS) is 12.8. The molecule has 0 N–H and O–H groups in total. The lowest BCUT2D eigenvalue weighted by Crippen LogP contribution is -1.96. The third-order valence-corrected chi connectivity index (χ3v) is 9.74. The van der Waals surface area contributed by atoms with Gasteiger partial charge < -0.3 is 4.57 Å². The summed E-state index contributed by atoms with van der Waals surface area (Å²) in [5, 5.41) is 11.3. The summed E-state index contributed by atoms with van der Waals surface area (Å²) in [6, 6.07) is 25.1.